The van der Waals surface area contributed by atoms with Crippen LogP contribution >= 0.6 is 22.9 Å². The van der Waals surface area contributed by atoms with Crippen LogP contribution in [0.25, 0.3) is 0 Å². The minimum Gasteiger partial charge on any atom is -0.478 e. The molecule has 0 aliphatic carbocycles. The van der Waals surface area contributed by atoms with Gasteiger partial charge in [-0.25, -0.2) is 4.79 Å². The molecule has 0 aliphatic heterocycles. The quantitative estimate of drug-likeness (QED) is 0.817. The molecule has 1 atom stereocenters. The van der Waals surface area contributed by atoms with E-state index < -0.39 is 5.97 Å². The number of aromatic carboxylic acids is 1. The molecule has 2 aromatic rings. The van der Waals surface area contributed by atoms with Crippen molar-refractivity contribution in [1.29, 1.82) is 0 Å². The summed E-state index contributed by atoms with van der Waals surface area (Å²) in [7, 11) is 0. The lowest BCUT2D eigenvalue weighted by atomic mass is 9.96. The maximum absolute atomic E-state index is 10.9. The molecule has 2 rings (SSSR count). The first-order chi connectivity index (χ1) is 9.97. The van der Waals surface area contributed by atoms with Crippen LogP contribution in [0, 0.1) is 5.92 Å². The van der Waals surface area contributed by atoms with Gasteiger partial charge in [0, 0.05) is 27.9 Å². The summed E-state index contributed by atoms with van der Waals surface area (Å²) < 4.78 is 0. The van der Waals surface area contributed by atoms with Gasteiger partial charge in [0.05, 0.1) is 5.56 Å². The molecule has 1 heterocycles. The first-order valence-corrected chi connectivity index (χ1v) is 8.02. The van der Waals surface area contributed by atoms with Gasteiger partial charge in [-0.15, -0.1) is 11.3 Å². The van der Waals surface area contributed by atoms with Crippen molar-refractivity contribution in [2.24, 2.45) is 5.92 Å². The largest absolute Gasteiger partial charge is 0.478 e. The third kappa shape index (κ3) is 4.30. The molecule has 1 aromatic heterocycles. The maximum Gasteiger partial charge on any atom is 0.336 e. The van der Waals surface area contributed by atoms with E-state index in [1.54, 1.807) is 11.4 Å². The minimum atomic E-state index is -0.879. The number of carbonyl (C=O) groups is 1. The second-order valence-electron chi connectivity index (χ2n) is 5.26. The average Bonchev–Trinajstić information content (AvgIpc) is 2.90. The fourth-order valence-electron chi connectivity index (χ4n) is 2.20. The van der Waals surface area contributed by atoms with Crippen LogP contribution < -0.4 is 5.32 Å². The number of hydrogen-bond acceptors (Lipinski definition) is 3. The molecule has 0 aliphatic rings. The Kier molecular flexibility index (Phi) is 5.39. The molecule has 1 aromatic carbocycles. The van der Waals surface area contributed by atoms with Crippen LogP contribution in [0.15, 0.2) is 35.7 Å². The van der Waals surface area contributed by atoms with E-state index in [0.29, 0.717) is 18.0 Å². The standard InChI is InChI=1S/C16H18ClNO2S/c1-10(2)15(11-3-5-13(17)6-4-11)18-8-14-7-12(9-21-14)16(19)20/h3-7,9-10,15,18H,8H2,1-2H3,(H,19,20). The van der Waals surface area contributed by atoms with Crippen molar-refractivity contribution in [3.05, 3.63) is 56.7 Å². The van der Waals surface area contributed by atoms with Crippen molar-refractivity contribution >= 4 is 28.9 Å². The number of hydrogen-bond donors (Lipinski definition) is 2. The highest BCUT2D eigenvalue weighted by Crippen LogP contribution is 2.24. The van der Waals surface area contributed by atoms with Crippen molar-refractivity contribution in [2.75, 3.05) is 0 Å². The summed E-state index contributed by atoms with van der Waals surface area (Å²) in [5, 5.41) is 14.8. The van der Waals surface area contributed by atoms with E-state index in [0.717, 1.165) is 9.90 Å². The summed E-state index contributed by atoms with van der Waals surface area (Å²) in [6, 6.07) is 9.76. The van der Waals surface area contributed by atoms with Gasteiger partial charge < -0.3 is 10.4 Å². The summed E-state index contributed by atoms with van der Waals surface area (Å²) in [6.45, 7) is 4.97. The number of nitrogens with one attached hydrogen (secondary N) is 1. The lowest BCUT2D eigenvalue weighted by Crippen LogP contribution is -2.25. The molecular formula is C16H18ClNO2S. The van der Waals surface area contributed by atoms with Gasteiger partial charge in [0.1, 0.15) is 0 Å². The van der Waals surface area contributed by atoms with Gasteiger partial charge in [-0.2, -0.15) is 0 Å². The predicted molar refractivity (Wildman–Crippen MR) is 87.1 cm³/mol. The lowest BCUT2D eigenvalue weighted by Gasteiger charge is -2.22. The van der Waals surface area contributed by atoms with Crippen LogP contribution in [0.5, 0.6) is 0 Å². The summed E-state index contributed by atoms with van der Waals surface area (Å²) in [5.74, 6) is -0.458. The van der Waals surface area contributed by atoms with Crippen molar-refractivity contribution in [3.63, 3.8) is 0 Å². The number of halogens is 1. The third-order valence-corrected chi connectivity index (χ3v) is 4.48. The molecule has 0 bridgehead atoms. The topological polar surface area (TPSA) is 49.3 Å². The van der Waals surface area contributed by atoms with Crippen LogP contribution in [-0.2, 0) is 6.54 Å². The van der Waals surface area contributed by atoms with Crippen LogP contribution in [0.1, 0.15) is 40.7 Å². The zero-order valence-corrected chi connectivity index (χ0v) is 13.5. The highest BCUT2D eigenvalue weighted by atomic mass is 35.5. The Morgan fingerprint density at radius 1 is 1.33 bits per heavy atom. The first kappa shape index (κ1) is 16.0. The average molecular weight is 324 g/mol. The smallest absolute Gasteiger partial charge is 0.336 e. The van der Waals surface area contributed by atoms with Crippen molar-refractivity contribution in [3.8, 4) is 0 Å². The van der Waals surface area contributed by atoms with E-state index in [2.05, 4.69) is 19.2 Å². The van der Waals surface area contributed by atoms with E-state index in [9.17, 15) is 4.79 Å². The Morgan fingerprint density at radius 3 is 2.52 bits per heavy atom. The van der Waals surface area contributed by atoms with Gasteiger partial charge in [-0.3, -0.25) is 0 Å². The molecule has 5 heteroatoms. The van der Waals surface area contributed by atoms with Crippen LogP contribution in [-0.4, -0.2) is 11.1 Å². The summed E-state index contributed by atoms with van der Waals surface area (Å²) in [6.07, 6.45) is 0. The van der Waals surface area contributed by atoms with Crippen molar-refractivity contribution < 1.29 is 9.90 Å². The Labute approximate surface area is 133 Å². The van der Waals surface area contributed by atoms with Crippen LogP contribution in [0.4, 0.5) is 0 Å². The predicted octanol–water partition coefficient (Wildman–Crippen LogP) is 4.59. The number of thiophene rings is 1. The second kappa shape index (κ2) is 7.07. The van der Waals surface area contributed by atoms with Crippen LogP contribution in [0.2, 0.25) is 5.02 Å². The Morgan fingerprint density at radius 2 is 2.00 bits per heavy atom. The monoisotopic (exact) mass is 323 g/mol. The van der Waals surface area contributed by atoms with Gasteiger partial charge in [0.25, 0.3) is 0 Å². The Hall–Kier alpha value is -1.36. The molecule has 0 spiro atoms. The lowest BCUT2D eigenvalue weighted by molar-refractivity contribution is 0.0697. The molecule has 0 saturated heterocycles. The molecule has 0 radical (unpaired) electrons. The SMILES string of the molecule is CC(C)C(NCc1cc(C(=O)O)cs1)c1ccc(Cl)cc1. The fourth-order valence-corrected chi connectivity index (χ4v) is 3.14. The summed E-state index contributed by atoms with van der Waals surface area (Å²) >= 11 is 7.39. The van der Waals surface area contributed by atoms with Gasteiger partial charge in [0.2, 0.25) is 0 Å². The number of benzene rings is 1. The minimum absolute atomic E-state index is 0.206. The Balaban J connectivity index is 2.06. The molecule has 0 saturated carbocycles. The van der Waals surface area contributed by atoms with Gasteiger partial charge >= 0.3 is 5.97 Å². The van der Waals surface area contributed by atoms with E-state index in [1.165, 1.54) is 16.9 Å². The third-order valence-electron chi connectivity index (χ3n) is 3.29. The second-order valence-corrected chi connectivity index (χ2v) is 6.69. The number of rotatable bonds is 6. The first-order valence-electron chi connectivity index (χ1n) is 6.77. The van der Waals surface area contributed by atoms with Crippen molar-refractivity contribution in [2.45, 2.75) is 26.4 Å². The summed E-state index contributed by atoms with van der Waals surface area (Å²) in [4.78, 5) is 11.9. The van der Waals surface area contributed by atoms with Crippen LogP contribution in [0.3, 0.4) is 0 Å². The highest BCUT2D eigenvalue weighted by molar-refractivity contribution is 7.10. The maximum atomic E-state index is 10.9. The molecular weight excluding hydrogens is 306 g/mol. The molecule has 21 heavy (non-hydrogen) atoms. The number of carboxylic acid groups (broad SMARTS) is 1. The summed E-state index contributed by atoms with van der Waals surface area (Å²) in [5.41, 5.74) is 1.54. The van der Waals surface area contributed by atoms with E-state index in [4.69, 9.17) is 16.7 Å². The molecule has 0 fully saturated rings. The molecule has 1 unspecified atom stereocenters. The Bertz CT molecular complexity index is 607. The van der Waals surface area contributed by atoms with E-state index in [-0.39, 0.29) is 6.04 Å². The fraction of sp³-hybridized carbons (Fsp3) is 0.312. The normalized spacial score (nSPS) is 12.6. The van der Waals surface area contributed by atoms with Gasteiger partial charge in [-0.1, -0.05) is 37.6 Å². The zero-order chi connectivity index (χ0) is 15.4. The molecule has 2 N–H and O–H groups in total. The van der Waals surface area contributed by atoms with Crippen molar-refractivity contribution in [1.82, 2.24) is 5.32 Å². The zero-order valence-electron chi connectivity index (χ0n) is 12.0. The van der Waals surface area contributed by atoms with Gasteiger partial charge in [-0.05, 0) is 29.7 Å². The highest BCUT2D eigenvalue weighted by Gasteiger charge is 2.16. The van der Waals surface area contributed by atoms with E-state index in [1.807, 2.05) is 24.3 Å². The van der Waals surface area contributed by atoms with E-state index >= 15 is 0 Å². The number of carboxylic acids is 1. The molecule has 0 amide bonds. The molecule has 112 valence electrons. The molecule has 3 nitrogen and oxygen atoms in total. The van der Waals surface area contributed by atoms with Gasteiger partial charge in [0.15, 0.2) is 0 Å².